The van der Waals surface area contributed by atoms with Gasteiger partial charge in [0.2, 0.25) is 11.7 Å². The third kappa shape index (κ3) is 6.20. The molecule has 0 saturated carbocycles. The zero-order valence-corrected chi connectivity index (χ0v) is 13.9. The predicted molar refractivity (Wildman–Crippen MR) is 89.1 cm³/mol. The third-order valence-corrected chi connectivity index (χ3v) is 2.77. The van der Waals surface area contributed by atoms with E-state index in [9.17, 15) is 4.79 Å². The molecule has 1 aromatic carbocycles. The van der Waals surface area contributed by atoms with Gasteiger partial charge in [-0.05, 0) is 44.5 Å². The first-order chi connectivity index (χ1) is 11.2. The molecule has 128 valence electrons. The van der Waals surface area contributed by atoms with Gasteiger partial charge in [-0.3, -0.25) is 4.79 Å². The summed E-state index contributed by atoms with van der Waals surface area (Å²) in [6, 6.07) is 3.60. The van der Waals surface area contributed by atoms with Gasteiger partial charge in [0.25, 0.3) is 0 Å². The van der Waals surface area contributed by atoms with Gasteiger partial charge in [-0.1, -0.05) is 0 Å². The van der Waals surface area contributed by atoms with Crippen LogP contribution < -0.4 is 19.5 Å². The summed E-state index contributed by atoms with van der Waals surface area (Å²) in [5.41, 5.74) is 0.763. The maximum absolute atomic E-state index is 11.6. The summed E-state index contributed by atoms with van der Waals surface area (Å²) in [5.74, 6) is 1.45. The summed E-state index contributed by atoms with van der Waals surface area (Å²) in [4.78, 5) is 11.6. The van der Waals surface area contributed by atoms with Crippen molar-refractivity contribution in [3.05, 3.63) is 23.8 Å². The molecule has 1 amide bonds. The fraction of sp³-hybridized carbons (Fsp3) is 0.471. The summed E-state index contributed by atoms with van der Waals surface area (Å²) >= 11 is 0. The molecular formula is C17H25NO5. The van der Waals surface area contributed by atoms with E-state index in [-0.39, 0.29) is 19.1 Å². The molecule has 0 aliphatic heterocycles. The minimum absolute atomic E-state index is 0.0917. The van der Waals surface area contributed by atoms with E-state index in [0.29, 0.717) is 37.1 Å². The minimum atomic E-state index is -0.274. The smallest absolute Gasteiger partial charge is 0.244 e. The topological polar surface area (TPSA) is 77.0 Å². The molecule has 0 heterocycles. The Kier molecular flexibility index (Phi) is 8.60. The Labute approximate surface area is 137 Å². The number of hydrogen-bond donors (Lipinski definition) is 2. The highest BCUT2D eigenvalue weighted by molar-refractivity contribution is 5.91. The van der Waals surface area contributed by atoms with Gasteiger partial charge in [-0.15, -0.1) is 0 Å². The fourth-order valence-electron chi connectivity index (χ4n) is 1.92. The molecule has 0 spiro atoms. The van der Waals surface area contributed by atoms with Crippen molar-refractivity contribution in [1.29, 1.82) is 0 Å². The minimum Gasteiger partial charge on any atom is -0.490 e. The molecule has 0 radical (unpaired) electrons. The number of benzene rings is 1. The number of carbonyl (C=O) groups is 1. The lowest BCUT2D eigenvalue weighted by atomic mass is 10.1. The lowest BCUT2D eigenvalue weighted by molar-refractivity contribution is -0.116. The molecule has 0 fully saturated rings. The Morgan fingerprint density at radius 1 is 1.09 bits per heavy atom. The van der Waals surface area contributed by atoms with Crippen molar-refractivity contribution in [2.75, 3.05) is 33.0 Å². The molecule has 6 heteroatoms. The normalized spacial score (nSPS) is 10.6. The first-order valence-electron chi connectivity index (χ1n) is 7.79. The van der Waals surface area contributed by atoms with Crippen molar-refractivity contribution in [2.24, 2.45) is 0 Å². The monoisotopic (exact) mass is 323 g/mol. The van der Waals surface area contributed by atoms with Crippen LogP contribution in [-0.4, -0.2) is 44.0 Å². The summed E-state index contributed by atoms with van der Waals surface area (Å²) in [6.45, 7) is 7.30. The molecule has 6 nitrogen and oxygen atoms in total. The van der Waals surface area contributed by atoms with E-state index in [1.54, 1.807) is 18.2 Å². The van der Waals surface area contributed by atoms with Crippen LogP contribution in [0.15, 0.2) is 18.2 Å². The van der Waals surface area contributed by atoms with E-state index in [4.69, 9.17) is 19.3 Å². The third-order valence-electron chi connectivity index (χ3n) is 2.77. The molecule has 0 bridgehead atoms. The van der Waals surface area contributed by atoms with Gasteiger partial charge in [0.1, 0.15) is 0 Å². The van der Waals surface area contributed by atoms with Crippen molar-refractivity contribution in [1.82, 2.24) is 5.32 Å². The van der Waals surface area contributed by atoms with Crippen molar-refractivity contribution >= 4 is 12.0 Å². The molecule has 1 rings (SSSR count). The van der Waals surface area contributed by atoms with Gasteiger partial charge in [-0.2, -0.15) is 0 Å². The highest BCUT2D eigenvalue weighted by Gasteiger charge is 2.14. The van der Waals surface area contributed by atoms with Crippen LogP contribution in [0.3, 0.4) is 0 Å². The Hall–Kier alpha value is -2.21. The van der Waals surface area contributed by atoms with Crippen LogP contribution in [0.2, 0.25) is 0 Å². The Balaban J connectivity index is 3.07. The second kappa shape index (κ2) is 10.5. The molecule has 0 aliphatic carbocycles. The summed E-state index contributed by atoms with van der Waals surface area (Å²) < 4.78 is 16.9. The molecule has 0 saturated heterocycles. The maximum atomic E-state index is 11.6. The van der Waals surface area contributed by atoms with Crippen molar-refractivity contribution in [2.45, 2.75) is 20.8 Å². The van der Waals surface area contributed by atoms with Gasteiger partial charge >= 0.3 is 0 Å². The van der Waals surface area contributed by atoms with E-state index < -0.39 is 0 Å². The molecule has 0 atom stereocenters. The zero-order valence-electron chi connectivity index (χ0n) is 13.9. The largest absolute Gasteiger partial charge is 0.490 e. The van der Waals surface area contributed by atoms with Crippen LogP contribution in [0.5, 0.6) is 17.2 Å². The van der Waals surface area contributed by atoms with Crippen LogP contribution in [0.25, 0.3) is 6.08 Å². The first kappa shape index (κ1) is 18.8. The lowest BCUT2D eigenvalue weighted by Crippen LogP contribution is -2.24. The van der Waals surface area contributed by atoms with E-state index in [2.05, 4.69) is 5.32 Å². The average Bonchev–Trinajstić information content (AvgIpc) is 2.54. The molecule has 1 aromatic rings. The Morgan fingerprint density at radius 2 is 1.65 bits per heavy atom. The van der Waals surface area contributed by atoms with Gasteiger partial charge in [0, 0.05) is 12.6 Å². The van der Waals surface area contributed by atoms with Crippen LogP contribution in [-0.2, 0) is 4.79 Å². The van der Waals surface area contributed by atoms with Crippen molar-refractivity contribution < 1.29 is 24.1 Å². The number of aliphatic hydroxyl groups is 1. The van der Waals surface area contributed by atoms with E-state index in [1.165, 1.54) is 6.08 Å². The summed E-state index contributed by atoms with van der Waals surface area (Å²) in [7, 11) is 0. The number of nitrogens with one attached hydrogen (secondary N) is 1. The van der Waals surface area contributed by atoms with Crippen LogP contribution in [0.4, 0.5) is 0 Å². The van der Waals surface area contributed by atoms with E-state index in [1.807, 2.05) is 20.8 Å². The number of hydrogen-bond acceptors (Lipinski definition) is 5. The predicted octanol–water partition coefficient (Wildman–Crippen LogP) is 2.00. The molecule has 0 aromatic heterocycles. The van der Waals surface area contributed by atoms with Crippen LogP contribution >= 0.6 is 0 Å². The maximum Gasteiger partial charge on any atom is 0.244 e. The van der Waals surface area contributed by atoms with Crippen molar-refractivity contribution in [3.63, 3.8) is 0 Å². The second-order valence-corrected chi connectivity index (χ2v) is 4.49. The number of carbonyl (C=O) groups excluding carboxylic acids is 1. The Bertz CT molecular complexity index is 501. The number of aliphatic hydroxyl groups excluding tert-OH is 1. The van der Waals surface area contributed by atoms with E-state index >= 15 is 0 Å². The van der Waals surface area contributed by atoms with Crippen LogP contribution in [0.1, 0.15) is 26.3 Å². The van der Waals surface area contributed by atoms with Gasteiger partial charge in [-0.25, -0.2) is 0 Å². The molecular weight excluding hydrogens is 298 g/mol. The van der Waals surface area contributed by atoms with Gasteiger partial charge < -0.3 is 24.6 Å². The van der Waals surface area contributed by atoms with Gasteiger partial charge in [0.05, 0.1) is 26.4 Å². The molecule has 23 heavy (non-hydrogen) atoms. The fourth-order valence-corrected chi connectivity index (χ4v) is 1.92. The van der Waals surface area contributed by atoms with Crippen molar-refractivity contribution in [3.8, 4) is 17.2 Å². The number of rotatable bonds is 10. The second-order valence-electron chi connectivity index (χ2n) is 4.49. The van der Waals surface area contributed by atoms with Gasteiger partial charge in [0.15, 0.2) is 11.5 Å². The number of ether oxygens (including phenoxy) is 3. The standard InChI is InChI=1S/C17H25NO5/c1-4-21-14-11-13(7-8-16(20)18-9-10-19)12-15(22-5-2)17(14)23-6-3/h7-8,11-12,19H,4-6,9-10H2,1-3H3,(H,18,20). The molecule has 0 unspecified atom stereocenters. The zero-order chi connectivity index (χ0) is 17.1. The summed E-state index contributed by atoms with van der Waals surface area (Å²) in [6.07, 6.45) is 3.06. The first-order valence-corrected chi connectivity index (χ1v) is 7.79. The molecule has 2 N–H and O–H groups in total. The highest BCUT2D eigenvalue weighted by Crippen LogP contribution is 2.39. The molecule has 0 aliphatic rings. The van der Waals surface area contributed by atoms with E-state index in [0.717, 1.165) is 5.56 Å². The summed E-state index contributed by atoms with van der Waals surface area (Å²) in [5, 5.41) is 11.2. The highest BCUT2D eigenvalue weighted by atomic mass is 16.5. The SMILES string of the molecule is CCOc1cc(C=CC(=O)NCCO)cc(OCC)c1OCC. The average molecular weight is 323 g/mol. The Morgan fingerprint density at radius 3 is 2.13 bits per heavy atom. The quantitative estimate of drug-likeness (QED) is 0.644. The number of amides is 1. The lowest BCUT2D eigenvalue weighted by Gasteiger charge is -2.16. The van der Waals surface area contributed by atoms with Crippen LogP contribution in [0, 0.1) is 0 Å².